The summed E-state index contributed by atoms with van der Waals surface area (Å²) in [4.78, 5) is 2.68. The minimum Gasteiger partial charge on any atom is -0.417 e. The van der Waals surface area contributed by atoms with E-state index >= 15 is 0 Å². The third-order valence-corrected chi connectivity index (χ3v) is 12.1. The van der Waals surface area contributed by atoms with Crippen molar-refractivity contribution in [2.45, 2.75) is 66.1 Å². The van der Waals surface area contributed by atoms with Crippen molar-refractivity contribution in [1.82, 2.24) is 0 Å². The second kappa shape index (κ2) is 10.0. The molecule has 2 aromatic carbocycles. The molecule has 2 rings (SSSR count). The normalized spacial score (nSPS) is 12.5. The largest absolute Gasteiger partial charge is 0.417 e. The van der Waals surface area contributed by atoms with Gasteiger partial charge in [0.05, 0.1) is 4.58 Å². The van der Waals surface area contributed by atoms with E-state index in [0.29, 0.717) is 4.58 Å². The van der Waals surface area contributed by atoms with Crippen molar-refractivity contribution in [2.75, 3.05) is 6.61 Å². The van der Waals surface area contributed by atoms with Gasteiger partial charge >= 0.3 is 0 Å². The van der Waals surface area contributed by atoms with Crippen molar-refractivity contribution in [3.05, 3.63) is 60.7 Å². The molecule has 0 fully saturated rings. The number of thioether (sulfide) groups is 2. The lowest BCUT2D eigenvalue weighted by Crippen LogP contribution is -2.41. The van der Waals surface area contributed by atoms with Gasteiger partial charge in [-0.05, 0) is 55.2 Å². The van der Waals surface area contributed by atoms with Gasteiger partial charge in [-0.25, -0.2) is 0 Å². The van der Waals surface area contributed by atoms with Crippen LogP contribution < -0.4 is 0 Å². The van der Waals surface area contributed by atoms with Crippen LogP contribution in [0.25, 0.3) is 0 Å². The average molecular weight is 405 g/mol. The Hall–Kier alpha value is -0.683. The molecule has 0 spiro atoms. The van der Waals surface area contributed by atoms with Crippen LogP contribution in [-0.2, 0) is 4.43 Å². The Morgan fingerprint density at radius 2 is 1.31 bits per heavy atom. The third-order valence-electron chi connectivity index (χ3n) is 4.87. The molecule has 0 heterocycles. The summed E-state index contributed by atoms with van der Waals surface area (Å²) in [5.74, 6) is 0. The molecule has 0 aliphatic rings. The third kappa shape index (κ3) is 7.14. The first-order valence-corrected chi connectivity index (χ1v) is 14.0. The molecule has 142 valence electrons. The Balaban J connectivity index is 1.91. The van der Waals surface area contributed by atoms with Crippen LogP contribution in [0, 0.1) is 0 Å². The van der Waals surface area contributed by atoms with Crippen LogP contribution in [0.2, 0.25) is 18.1 Å². The molecule has 0 aliphatic heterocycles. The molecule has 0 radical (unpaired) electrons. The number of hydrogen-bond donors (Lipinski definition) is 0. The van der Waals surface area contributed by atoms with Crippen molar-refractivity contribution in [3.63, 3.8) is 0 Å². The molecular formula is C22H32OS2Si. The second-order valence-corrected chi connectivity index (χ2v) is 15.7. The van der Waals surface area contributed by atoms with E-state index < -0.39 is 8.32 Å². The zero-order valence-electron chi connectivity index (χ0n) is 16.7. The van der Waals surface area contributed by atoms with Gasteiger partial charge in [-0.15, -0.1) is 23.5 Å². The minimum absolute atomic E-state index is 0.282. The standard InChI is InChI=1S/C22H32OS2Si/c1-22(2,3)26(4,5)23-18-12-17-21(24-19-13-8-6-9-14-19)25-20-15-10-7-11-16-20/h6-11,13-16,21H,12,17-18H2,1-5H3. The highest BCUT2D eigenvalue weighted by atomic mass is 32.2. The summed E-state index contributed by atoms with van der Waals surface area (Å²) in [6, 6.07) is 21.4. The SMILES string of the molecule is CC(C)(C)[Si](C)(C)OCCCC(Sc1ccccc1)Sc1ccccc1. The summed E-state index contributed by atoms with van der Waals surface area (Å²) in [5.41, 5.74) is 0. The van der Waals surface area contributed by atoms with Crippen molar-refractivity contribution in [3.8, 4) is 0 Å². The first-order valence-electron chi connectivity index (χ1n) is 9.35. The van der Waals surface area contributed by atoms with E-state index in [0.717, 1.165) is 19.4 Å². The van der Waals surface area contributed by atoms with Crippen molar-refractivity contribution in [2.24, 2.45) is 0 Å². The topological polar surface area (TPSA) is 9.23 Å². The molecule has 0 aromatic heterocycles. The molecule has 0 bridgehead atoms. The average Bonchev–Trinajstić information content (AvgIpc) is 2.59. The quantitative estimate of drug-likeness (QED) is 0.183. The predicted octanol–water partition coefficient (Wildman–Crippen LogP) is 7.70. The second-order valence-electron chi connectivity index (χ2n) is 8.04. The molecule has 0 saturated carbocycles. The monoisotopic (exact) mass is 404 g/mol. The maximum atomic E-state index is 6.37. The zero-order valence-corrected chi connectivity index (χ0v) is 19.3. The molecule has 0 aliphatic carbocycles. The molecule has 26 heavy (non-hydrogen) atoms. The van der Waals surface area contributed by atoms with Gasteiger partial charge in [-0.3, -0.25) is 0 Å². The lowest BCUT2D eigenvalue weighted by molar-refractivity contribution is 0.281. The first-order chi connectivity index (χ1) is 12.3. The summed E-state index contributed by atoms with van der Waals surface area (Å²) in [5, 5.41) is 0.282. The van der Waals surface area contributed by atoms with Gasteiger partial charge in [0.1, 0.15) is 0 Å². The Morgan fingerprint density at radius 3 is 1.73 bits per heavy atom. The van der Waals surface area contributed by atoms with Crippen molar-refractivity contribution >= 4 is 31.8 Å². The van der Waals surface area contributed by atoms with E-state index in [9.17, 15) is 0 Å². The van der Waals surface area contributed by atoms with E-state index in [4.69, 9.17) is 4.43 Å². The zero-order chi connectivity index (χ0) is 19.0. The van der Waals surface area contributed by atoms with Crippen LogP contribution in [0.15, 0.2) is 70.5 Å². The lowest BCUT2D eigenvalue weighted by atomic mass is 10.2. The van der Waals surface area contributed by atoms with Gasteiger partial charge in [-0.1, -0.05) is 57.2 Å². The maximum Gasteiger partial charge on any atom is 0.191 e. The molecule has 0 unspecified atom stereocenters. The van der Waals surface area contributed by atoms with Crippen LogP contribution in [-0.4, -0.2) is 19.5 Å². The van der Waals surface area contributed by atoms with E-state index in [2.05, 4.69) is 94.5 Å². The summed E-state index contributed by atoms with van der Waals surface area (Å²) in [6.07, 6.45) is 2.25. The van der Waals surface area contributed by atoms with Gasteiger partial charge in [0.15, 0.2) is 8.32 Å². The Bertz CT molecular complexity index is 597. The molecule has 0 N–H and O–H groups in total. The van der Waals surface area contributed by atoms with Crippen LogP contribution >= 0.6 is 23.5 Å². The number of hydrogen-bond acceptors (Lipinski definition) is 3. The molecule has 1 nitrogen and oxygen atoms in total. The van der Waals surface area contributed by atoms with Gasteiger partial charge in [0.25, 0.3) is 0 Å². The van der Waals surface area contributed by atoms with E-state index in [1.807, 2.05) is 23.5 Å². The number of rotatable bonds is 9. The molecule has 4 heteroatoms. The van der Waals surface area contributed by atoms with Crippen molar-refractivity contribution in [1.29, 1.82) is 0 Å². The molecule has 0 amide bonds. The molecular weight excluding hydrogens is 372 g/mol. The molecule has 2 aromatic rings. The Kier molecular flexibility index (Phi) is 8.33. The first kappa shape index (κ1) is 21.6. The minimum atomic E-state index is -1.64. The van der Waals surface area contributed by atoms with Crippen LogP contribution in [0.5, 0.6) is 0 Å². The summed E-state index contributed by atoms with van der Waals surface area (Å²) in [6.45, 7) is 12.5. The fourth-order valence-corrected chi connectivity index (χ4v) is 5.99. The summed E-state index contributed by atoms with van der Waals surface area (Å²) in [7, 11) is -1.64. The van der Waals surface area contributed by atoms with Crippen LogP contribution in [0.1, 0.15) is 33.6 Å². The van der Waals surface area contributed by atoms with Gasteiger partial charge in [0.2, 0.25) is 0 Å². The van der Waals surface area contributed by atoms with E-state index in [1.54, 1.807) is 0 Å². The highest BCUT2D eigenvalue weighted by Crippen LogP contribution is 2.39. The molecule has 0 saturated heterocycles. The van der Waals surface area contributed by atoms with Gasteiger partial charge in [0, 0.05) is 16.4 Å². The van der Waals surface area contributed by atoms with E-state index in [1.165, 1.54) is 9.79 Å². The van der Waals surface area contributed by atoms with Crippen LogP contribution in [0.4, 0.5) is 0 Å². The number of benzene rings is 2. The summed E-state index contributed by atoms with van der Waals surface area (Å²) >= 11 is 3.93. The smallest absolute Gasteiger partial charge is 0.191 e. The van der Waals surface area contributed by atoms with E-state index in [-0.39, 0.29) is 5.04 Å². The fraction of sp³-hybridized carbons (Fsp3) is 0.455. The van der Waals surface area contributed by atoms with Crippen molar-refractivity contribution < 1.29 is 4.43 Å². The molecule has 0 atom stereocenters. The van der Waals surface area contributed by atoms with Crippen LogP contribution in [0.3, 0.4) is 0 Å². The highest BCUT2D eigenvalue weighted by molar-refractivity contribution is 8.17. The Morgan fingerprint density at radius 1 is 0.846 bits per heavy atom. The maximum absolute atomic E-state index is 6.37. The Labute approximate surface area is 169 Å². The lowest BCUT2D eigenvalue weighted by Gasteiger charge is -2.36. The van der Waals surface area contributed by atoms with Gasteiger partial charge in [-0.2, -0.15) is 0 Å². The predicted molar refractivity (Wildman–Crippen MR) is 121 cm³/mol. The van der Waals surface area contributed by atoms with Gasteiger partial charge < -0.3 is 4.43 Å². The highest BCUT2D eigenvalue weighted by Gasteiger charge is 2.36. The fourth-order valence-electron chi connectivity index (χ4n) is 2.24. The summed E-state index contributed by atoms with van der Waals surface area (Å²) < 4.78 is 6.87.